The van der Waals surface area contributed by atoms with E-state index in [0.29, 0.717) is 6.61 Å². The number of para-hydroxylation sites is 1. The molecule has 1 aromatic rings. The zero-order valence-electron chi connectivity index (χ0n) is 8.93. The van der Waals surface area contributed by atoms with Crippen LogP contribution in [-0.2, 0) is 0 Å². The summed E-state index contributed by atoms with van der Waals surface area (Å²) >= 11 is 0. The highest BCUT2D eigenvalue weighted by atomic mass is 16.5. The molecule has 0 aromatic heterocycles. The lowest BCUT2D eigenvalue weighted by molar-refractivity contribution is 0.0704. The first kappa shape index (κ1) is 10.5. The Morgan fingerprint density at radius 3 is 2.60 bits per heavy atom. The minimum Gasteiger partial charge on any atom is -0.491 e. The molecular weight excluding hydrogens is 188 g/mol. The van der Waals surface area contributed by atoms with Crippen molar-refractivity contribution in [1.82, 2.24) is 0 Å². The second-order valence-corrected chi connectivity index (χ2v) is 4.31. The van der Waals surface area contributed by atoms with Gasteiger partial charge in [0.05, 0.1) is 6.10 Å². The lowest BCUT2D eigenvalue weighted by Crippen LogP contribution is -2.24. The maximum absolute atomic E-state index is 9.72. The molecule has 0 radical (unpaired) electrons. The summed E-state index contributed by atoms with van der Waals surface area (Å²) in [5.41, 5.74) is 0. The summed E-state index contributed by atoms with van der Waals surface area (Å²) in [7, 11) is 0. The minimum absolute atomic E-state index is 0.310. The predicted octanol–water partition coefficient (Wildman–Crippen LogP) is 2.62. The van der Waals surface area contributed by atoms with E-state index >= 15 is 0 Å². The molecule has 0 heterocycles. The molecular formula is C13H18O2. The molecule has 1 aliphatic rings. The lowest BCUT2D eigenvalue weighted by atomic mass is 9.81. The van der Waals surface area contributed by atoms with Crippen molar-refractivity contribution in [1.29, 1.82) is 0 Å². The Morgan fingerprint density at radius 1 is 1.27 bits per heavy atom. The summed E-state index contributed by atoms with van der Waals surface area (Å²) in [4.78, 5) is 0. The first-order chi connectivity index (χ1) is 7.34. The minimum atomic E-state index is -0.310. The molecule has 2 heteroatoms. The number of hydrogen-bond acceptors (Lipinski definition) is 2. The van der Waals surface area contributed by atoms with E-state index in [1.165, 1.54) is 19.3 Å². The van der Waals surface area contributed by atoms with Crippen molar-refractivity contribution < 1.29 is 9.84 Å². The van der Waals surface area contributed by atoms with E-state index in [2.05, 4.69) is 0 Å². The zero-order chi connectivity index (χ0) is 10.5. The number of rotatable bonds is 5. The van der Waals surface area contributed by atoms with Crippen LogP contribution in [0.3, 0.4) is 0 Å². The standard InChI is InChI=1S/C13H18O2/c14-12(9-11-5-4-6-11)10-15-13-7-2-1-3-8-13/h1-3,7-8,11-12,14H,4-6,9-10H2. The van der Waals surface area contributed by atoms with Crippen LogP contribution in [0.2, 0.25) is 0 Å². The highest BCUT2D eigenvalue weighted by Gasteiger charge is 2.20. The highest BCUT2D eigenvalue weighted by Crippen LogP contribution is 2.30. The van der Waals surface area contributed by atoms with Gasteiger partial charge in [0.1, 0.15) is 12.4 Å². The van der Waals surface area contributed by atoms with E-state index in [1.54, 1.807) is 0 Å². The molecule has 1 fully saturated rings. The van der Waals surface area contributed by atoms with Gasteiger partial charge in [-0.05, 0) is 24.5 Å². The maximum atomic E-state index is 9.72. The summed E-state index contributed by atoms with van der Waals surface area (Å²) in [5, 5.41) is 9.72. The molecule has 0 spiro atoms. The average molecular weight is 206 g/mol. The molecule has 2 nitrogen and oxygen atoms in total. The molecule has 82 valence electrons. The summed E-state index contributed by atoms with van der Waals surface area (Å²) in [6.45, 7) is 0.417. The Kier molecular flexibility index (Phi) is 3.62. The molecule has 0 saturated heterocycles. The Labute approximate surface area is 90.9 Å². The van der Waals surface area contributed by atoms with Gasteiger partial charge in [-0.25, -0.2) is 0 Å². The SMILES string of the molecule is OC(COc1ccccc1)CC1CCC1. The molecule has 1 unspecified atom stereocenters. The van der Waals surface area contributed by atoms with E-state index in [9.17, 15) is 5.11 Å². The van der Waals surface area contributed by atoms with Crippen LogP contribution in [0.25, 0.3) is 0 Å². The molecule has 1 N–H and O–H groups in total. The Bertz CT molecular complexity index is 280. The molecule has 1 aliphatic carbocycles. The first-order valence-corrected chi connectivity index (χ1v) is 5.70. The highest BCUT2D eigenvalue weighted by molar-refractivity contribution is 5.20. The molecule has 0 aliphatic heterocycles. The second-order valence-electron chi connectivity index (χ2n) is 4.31. The monoisotopic (exact) mass is 206 g/mol. The van der Waals surface area contributed by atoms with Crippen molar-refractivity contribution in [3.05, 3.63) is 30.3 Å². The van der Waals surface area contributed by atoms with Gasteiger partial charge in [0.15, 0.2) is 0 Å². The second kappa shape index (κ2) is 5.17. The third kappa shape index (κ3) is 3.24. The third-order valence-electron chi connectivity index (χ3n) is 3.02. The number of hydrogen-bond donors (Lipinski definition) is 1. The zero-order valence-corrected chi connectivity index (χ0v) is 8.93. The summed E-state index contributed by atoms with van der Waals surface area (Å²) < 4.78 is 5.49. The predicted molar refractivity (Wildman–Crippen MR) is 59.9 cm³/mol. The van der Waals surface area contributed by atoms with Crippen LogP contribution >= 0.6 is 0 Å². The summed E-state index contributed by atoms with van der Waals surface area (Å²) in [5.74, 6) is 1.57. The number of benzene rings is 1. The Hall–Kier alpha value is -1.02. The van der Waals surface area contributed by atoms with E-state index in [-0.39, 0.29) is 6.10 Å². The van der Waals surface area contributed by atoms with E-state index in [0.717, 1.165) is 18.1 Å². The van der Waals surface area contributed by atoms with Gasteiger partial charge in [-0.1, -0.05) is 37.5 Å². The van der Waals surface area contributed by atoms with Crippen LogP contribution in [0.5, 0.6) is 5.75 Å². The number of aliphatic hydroxyl groups is 1. The van der Waals surface area contributed by atoms with Gasteiger partial charge in [0, 0.05) is 0 Å². The van der Waals surface area contributed by atoms with Gasteiger partial charge in [-0.2, -0.15) is 0 Å². The van der Waals surface area contributed by atoms with Crippen molar-refractivity contribution >= 4 is 0 Å². The molecule has 1 saturated carbocycles. The first-order valence-electron chi connectivity index (χ1n) is 5.70. The van der Waals surface area contributed by atoms with Crippen molar-refractivity contribution in [3.8, 4) is 5.75 Å². The van der Waals surface area contributed by atoms with E-state index in [4.69, 9.17) is 4.74 Å². The number of aliphatic hydroxyl groups excluding tert-OH is 1. The summed E-state index contributed by atoms with van der Waals surface area (Å²) in [6, 6.07) is 9.66. The van der Waals surface area contributed by atoms with Crippen molar-refractivity contribution in [2.75, 3.05) is 6.61 Å². The van der Waals surface area contributed by atoms with Gasteiger partial charge in [0.2, 0.25) is 0 Å². The van der Waals surface area contributed by atoms with Gasteiger partial charge >= 0.3 is 0 Å². The smallest absolute Gasteiger partial charge is 0.119 e. The van der Waals surface area contributed by atoms with E-state index in [1.807, 2.05) is 30.3 Å². The van der Waals surface area contributed by atoms with Crippen LogP contribution < -0.4 is 4.74 Å². The van der Waals surface area contributed by atoms with Gasteiger partial charge in [-0.15, -0.1) is 0 Å². The van der Waals surface area contributed by atoms with Crippen LogP contribution in [-0.4, -0.2) is 17.8 Å². The summed E-state index contributed by atoms with van der Waals surface area (Å²) in [6.07, 6.45) is 4.48. The largest absolute Gasteiger partial charge is 0.491 e. The molecule has 15 heavy (non-hydrogen) atoms. The maximum Gasteiger partial charge on any atom is 0.119 e. The van der Waals surface area contributed by atoms with Crippen LogP contribution in [0.15, 0.2) is 30.3 Å². The fourth-order valence-electron chi connectivity index (χ4n) is 1.89. The molecule has 1 aromatic carbocycles. The normalized spacial score (nSPS) is 18.2. The van der Waals surface area contributed by atoms with E-state index < -0.39 is 0 Å². The topological polar surface area (TPSA) is 29.5 Å². The fraction of sp³-hybridized carbons (Fsp3) is 0.538. The Morgan fingerprint density at radius 2 is 2.00 bits per heavy atom. The molecule has 0 bridgehead atoms. The van der Waals surface area contributed by atoms with Crippen LogP contribution in [0, 0.1) is 5.92 Å². The van der Waals surface area contributed by atoms with Crippen LogP contribution in [0.1, 0.15) is 25.7 Å². The van der Waals surface area contributed by atoms with Gasteiger partial charge < -0.3 is 9.84 Å². The lowest BCUT2D eigenvalue weighted by Gasteiger charge is -2.27. The van der Waals surface area contributed by atoms with Crippen molar-refractivity contribution in [3.63, 3.8) is 0 Å². The van der Waals surface area contributed by atoms with Gasteiger partial charge in [-0.3, -0.25) is 0 Å². The third-order valence-corrected chi connectivity index (χ3v) is 3.02. The fourth-order valence-corrected chi connectivity index (χ4v) is 1.89. The Balaban J connectivity index is 1.68. The molecule has 1 atom stereocenters. The quantitative estimate of drug-likeness (QED) is 0.802. The van der Waals surface area contributed by atoms with Gasteiger partial charge in [0.25, 0.3) is 0 Å². The molecule has 2 rings (SSSR count). The molecule has 0 amide bonds. The van der Waals surface area contributed by atoms with Crippen molar-refractivity contribution in [2.24, 2.45) is 5.92 Å². The average Bonchev–Trinajstić information content (AvgIpc) is 2.22. The van der Waals surface area contributed by atoms with Crippen molar-refractivity contribution in [2.45, 2.75) is 31.8 Å². The van der Waals surface area contributed by atoms with Crippen LogP contribution in [0.4, 0.5) is 0 Å². The number of ether oxygens (including phenoxy) is 1.